The highest BCUT2D eigenvalue weighted by Gasteiger charge is 2.47. The molecule has 0 saturated carbocycles. The van der Waals surface area contributed by atoms with Crippen molar-refractivity contribution < 1.29 is 26.7 Å². The standard InChI is InChI=1S/C23H21F5N4O/c1-13(2)20-16(6-5-7-17(20)23(26,27)28)15-8-18-21(29-9-15)30(4)14(3)32(18)10-19(33)31-11-22(24,25)12-31/h5-9H,1,3,10-12H2,2,4H3. The lowest BCUT2D eigenvalue weighted by Crippen LogP contribution is -2.60. The minimum absolute atomic E-state index is 0.0395. The molecule has 3 heterocycles. The molecule has 0 spiro atoms. The van der Waals surface area contributed by atoms with Gasteiger partial charge in [-0.15, -0.1) is 0 Å². The predicted octanol–water partition coefficient (Wildman–Crippen LogP) is 5.01. The number of pyridine rings is 1. The number of anilines is 2. The Morgan fingerprint density at radius 3 is 2.48 bits per heavy atom. The summed E-state index contributed by atoms with van der Waals surface area (Å²) in [6.07, 6.45) is -3.12. The molecule has 4 rings (SSSR count). The maximum Gasteiger partial charge on any atom is 0.417 e. The van der Waals surface area contributed by atoms with Gasteiger partial charge in [-0.25, -0.2) is 13.8 Å². The first-order valence-corrected chi connectivity index (χ1v) is 10.0. The number of alkyl halides is 5. The van der Waals surface area contributed by atoms with E-state index in [1.165, 1.54) is 24.1 Å². The lowest BCUT2D eigenvalue weighted by Gasteiger charge is -2.39. The van der Waals surface area contributed by atoms with Crippen LogP contribution in [0.5, 0.6) is 0 Å². The van der Waals surface area contributed by atoms with Crippen LogP contribution in [0.4, 0.5) is 33.5 Å². The molecule has 2 aliphatic rings. The van der Waals surface area contributed by atoms with Crippen LogP contribution in [0.15, 0.2) is 49.4 Å². The predicted molar refractivity (Wildman–Crippen MR) is 116 cm³/mol. The third-order valence-electron chi connectivity index (χ3n) is 5.75. The molecule has 1 saturated heterocycles. The molecule has 174 valence electrons. The highest BCUT2D eigenvalue weighted by molar-refractivity contribution is 5.91. The van der Waals surface area contributed by atoms with Gasteiger partial charge in [0.05, 0.1) is 24.3 Å². The molecule has 1 amide bonds. The first kappa shape index (κ1) is 22.8. The average Bonchev–Trinajstić information content (AvgIpc) is 2.95. The van der Waals surface area contributed by atoms with E-state index in [1.807, 2.05) is 0 Å². The summed E-state index contributed by atoms with van der Waals surface area (Å²) in [6.45, 7) is 7.64. The Balaban J connectivity index is 1.74. The highest BCUT2D eigenvalue weighted by atomic mass is 19.4. The van der Waals surface area contributed by atoms with Crippen molar-refractivity contribution in [3.63, 3.8) is 0 Å². The van der Waals surface area contributed by atoms with Gasteiger partial charge in [-0.3, -0.25) is 4.79 Å². The number of halogens is 5. The molecule has 1 fully saturated rings. The molecule has 0 aliphatic carbocycles. The normalized spacial score (nSPS) is 17.2. The maximum absolute atomic E-state index is 13.6. The Hall–Kier alpha value is -3.43. The van der Waals surface area contributed by atoms with Crippen LogP contribution in [0.2, 0.25) is 0 Å². The number of allylic oxidation sites excluding steroid dienone is 1. The Morgan fingerprint density at radius 2 is 1.91 bits per heavy atom. The van der Waals surface area contributed by atoms with Gasteiger partial charge in [-0.2, -0.15) is 13.2 Å². The van der Waals surface area contributed by atoms with Crippen LogP contribution in [0.1, 0.15) is 18.1 Å². The minimum Gasteiger partial charge on any atom is -0.329 e. The monoisotopic (exact) mass is 464 g/mol. The van der Waals surface area contributed by atoms with Crippen LogP contribution in [0.25, 0.3) is 16.7 Å². The number of carbonyl (C=O) groups excluding carboxylic acids is 1. The highest BCUT2D eigenvalue weighted by Crippen LogP contribution is 2.44. The van der Waals surface area contributed by atoms with Crippen molar-refractivity contribution in [1.82, 2.24) is 9.88 Å². The second-order valence-corrected chi connectivity index (χ2v) is 8.24. The molecule has 5 nitrogen and oxygen atoms in total. The topological polar surface area (TPSA) is 39.7 Å². The van der Waals surface area contributed by atoms with Crippen molar-refractivity contribution in [3.8, 4) is 11.1 Å². The molecule has 0 radical (unpaired) electrons. The van der Waals surface area contributed by atoms with Gasteiger partial charge >= 0.3 is 6.18 Å². The molecule has 1 aromatic heterocycles. The smallest absolute Gasteiger partial charge is 0.329 e. The summed E-state index contributed by atoms with van der Waals surface area (Å²) in [6, 6.07) is 5.48. The van der Waals surface area contributed by atoms with Crippen LogP contribution >= 0.6 is 0 Å². The van der Waals surface area contributed by atoms with Crippen LogP contribution in [0, 0.1) is 0 Å². The number of carbonyl (C=O) groups is 1. The molecule has 0 atom stereocenters. The van der Waals surface area contributed by atoms with Crippen molar-refractivity contribution in [3.05, 3.63) is 60.6 Å². The van der Waals surface area contributed by atoms with E-state index in [0.717, 1.165) is 11.0 Å². The second-order valence-electron chi connectivity index (χ2n) is 8.24. The van der Waals surface area contributed by atoms with E-state index in [-0.39, 0.29) is 17.7 Å². The second kappa shape index (κ2) is 7.57. The molecule has 2 aromatic rings. The molecule has 0 unspecified atom stereocenters. The first-order chi connectivity index (χ1) is 15.3. The van der Waals surface area contributed by atoms with Crippen molar-refractivity contribution in [2.45, 2.75) is 19.0 Å². The molecule has 0 bridgehead atoms. The van der Waals surface area contributed by atoms with Gasteiger partial charge in [-0.05, 0) is 35.8 Å². The molecular weight excluding hydrogens is 443 g/mol. The van der Waals surface area contributed by atoms with Gasteiger partial charge in [-0.1, -0.05) is 25.3 Å². The zero-order valence-electron chi connectivity index (χ0n) is 18.0. The molecule has 33 heavy (non-hydrogen) atoms. The molecule has 10 heteroatoms. The third-order valence-corrected chi connectivity index (χ3v) is 5.75. The van der Waals surface area contributed by atoms with E-state index in [4.69, 9.17) is 0 Å². The summed E-state index contributed by atoms with van der Waals surface area (Å²) in [4.78, 5) is 21.1. The van der Waals surface area contributed by atoms with Crippen LogP contribution in [-0.2, 0) is 11.0 Å². The summed E-state index contributed by atoms with van der Waals surface area (Å²) in [5.41, 5.74) is 0.536. The zero-order valence-corrected chi connectivity index (χ0v) is 18.0. The number of hydrogen-bond donors (Lipinski definition) is 0. The number of likely N-dealkylation sites (tertiary alicyclic amines) is 1. The van der Waals surface area contributed by atoms with Crippen molar-refractivity contribution in [2.24, 2.45) is 0 Å². The number of hydrogen-bond acceptors (Lipinski definition) is 4. The van der Waals surface area contributed by atoms with Crippen LogP contribution < -0.4 is 9.80 Å². The van der Waals surface area contributed by atoms with Crippen LogP contribution in [-0.4, -0.2) is 48.4 Å². The zero-order chi connectivity index (χ0) is 24.3. The molecule has 2 aliphatic heterocycles. The quantitative estimate of drug-likeness (QED) is 0.597. The Morgan fingerprint density at radius 1 is 1.24 bits per heavy atom. The van der Waals surface area contributed by atoms with Crippen LogP contribution in [0.3, 0.4) is 0 Å². The van der Waals surface area contributed by atoms with Gasteiger partial charge in [0.25, 0.3) is 5.92 Å². The lowest BCUT2D eigenvalue weighted by atomic mass is 9.91. The van der Waals surface area contributed by atoms with Gasteiger partial charge in [0, 0.05) is 18.8 Å². The fourth-order valence-corrected chi connectivity index (χ4v) is 4.08. The van der Waals surface area contributed by atoms with E-state index in [1.54, 1.807) is 24.1 Å². The van der Waals surface area contributed by atoms with E-state index in [9.17, 15) is 26.7 Å². The maximum atomic E-state index is 13.6. The van der Waals surface area contributed by atoms with Crippen molar-refractivity contribution >= 4 is 23.0 Å². The lowest BCUT2D eigenvalue weighted by molar-refractivity contribution is -0.164. The fourth-order valence-electron chi connectivity index (χ4n) is 4.08. The molecule has 0 N–H and O–H groups in total. The average molecular weight is 464 g/mol. The number of aromatic nitrogens is 1. The van der Waals surface area contributed by atoms with Gasteiger partial charge in [0.1, 0.15) is 12.4 Å². The van der Waals surface area contributed by atoms with E-state index < -0.39 is 36.7 Å². The summed E-state index contributed by atoms with van der Waals surface area (Å²) in [5, 5.41) is 0. The largest absolute Gasteiger partial charge is 0.417 e. The Kier molecular flexibility index (Phi) is 5.22. The summed E-state index contributed by atoms with van der Waals surface area (Å²) < 4.78 is 67.2. The first-order valence-electron chi connectivity index (χ1n) is 10.0. The summed E-state index contributed by atoms with van der Waals surface area (Å²) in [7, 11) is 1.68. The van der Waals surface area contributed by atoms with Crippen molar-refractivity contribution in [2.75, 3.05) is 36.5 Å². The fraction of sp³-hybridized carbons (Fsp3) is 0.304. The van der Waals surface area contributed by atoms with Gasteiger partial charge in [0.15, 0.2) is 5.82 Å². The summed E-state index contributed by atoms with van der Waals surface area (Å²) in [5.74, 6) is -2.53. The number of nitrogens with zero attached hydrogens (tertiary/aromatic N) is 4. The number of amides is 1. The van der Waals surface area contributed by atoms with E-state index >= 15 is 0 Å². The number of rotatable bonds is 4. The third kappa shape index (κ3) is 3.94. The van der Waals surface area contributed by atoms with E-state index in [0.29, 0.717) is 28.5 Å². The van der Waals surface area contributed by atoms with E-state index in [2.05, 4.69) is 18.1 Å². The molecule has 1 aromatic carbocycles. The summed E-state index contributed by atoms with van der Waals surface area (Å²) >= 11 is 0. The Labute approximate surface area is 187 Å². The van der Waals surface area contributed by atoms with Crippen molar-refractivity contribution in [1.29, 1.82) is 0 Å². The molecular formula is C23H21F5N4O. The number of fused-ring (bicyclic) bond motifs is 1. The SMILES string of the molecule is C=C(C)c1c(-c2cnc3c(c2)N(CC(=O)N2CC(F)(F)C2)C(=C)N3C)cccc1C(F)(F)F. The Bertz CT molecular complexity index is 1170. The van der Waals surface area contributed by atoms with Gasteiger partial charge in [0.2, 0.25) is 5.91 Å². The number of benzene rings is 1. The minimum atomic E-state index is -4.57. The van der Waals surface area contributed by atoms with Gasteiger partial charge < -0.3 is 14.7 Å².